The summed E-state index contributed by atoms with van der Waals surface area (Å²) in [5.41, 5.74) is 6.03. The van der Waals surface area contributed by atoms with Crippen LogP contribution in [0.1, 0.15) is 18.4 Å². The monoisotopic (exact) mass is 286 g/mol. The standard InChI is InChI=1S/C16H18N2O3/c1-3-14(19)18(13-6-4-5-12(2)11-13)16(15(17)20)7-9-21-10-8-16/h1,4-6,11H,7-10H2,2H3,(H2,17,20). The van der Waals surface area contributed by atoms with Gasteiger partial charge >= 0.3 is 5.91 Å². The lowest BCUT2D eigenvalue weighted by molar-refractivity contribution is -0.130. The average molecular weight is 286 g/mol. The van der Waals surface area contributed by atoms with E-state index in [0.717, 1.165) is 5.56 Å². The van der Waals surface area contributed by atoms with E-state index in [9.17, 15) is 9.59 Å². The number of nitrogens with two attached hydrogens (primary N) is 1. The molecular weight excluding hydrogens is 268 g/mol. The van der Waals surface area contributed by atoms with Gasteiger partial charge in [0, 0.05) is 31.7 Å². The fourth-order valence-corrected chi connectivity index (χ4v) is 2.68. The molecule has 21 heavy (non-hydrogen) atoms. The lowest BCUT2D eigenvalue weighted by atomic mass is 9.86. The van der Waals surface area contributed by atoms with E-state index < -0.39 is 17.4 Å². The molecule has 0 spiro atoms. The van der Waals surface area contributed by atoms with Gasteiger partial charge in [0.1, 0.15) is 5.54 Å². The molecule has 1 aromatic carbocycles. The maximum atomic E-state index is 12.3. The lowest BCUT2D eigenvalue weighted by Crippen LogP contribution is -2.62. The van der Waals surface area contributed by atoms with Crippen LogP contribution in [0.5, 0.6) is 0 Å². The maximum Gasteiger partial charge on any atom is 0.303 e. The number of terminal acetylenes is 1. The Morgan fingerprint density at radius 2 is 2.05 bits per heavy atom. The molecule has 5 heteroatoms. The number of carbonyl (C=O) groups is 2. The highest BCUT2D eigenvalue weighted by molar-refractivity contribution is 6.11. The Morgan fingerprint density at radius 1 is 1.38 bits per heavy atom. The molecule has 2 rings (SSSR count). The fourth-order valence-electron chi connectivity index (χ4n) is 2.68. The number of anilines is 1. The molecule has 1 heterocycles. The largest absolute Gasteiger partial charge is 0.381 e. The van der Waals surface area contributed by atoms with Crippen LogP contribution in [0.3, 0.4) is 0 Å². The van der Waals surface area contributed by atoms with Gasteiger partial charge in [-0.05, 0) is 30.5 Å². The predicted octanol–water partition coefficient (Wildman–Crippen LogP) is 0.996. The number of amides is 2. The first-order valence-corrected chi connectivity index (χ1v) is 6.76. The third-order valence-corrected chi connectivity index (χ3v) is 3.79. The number of carbonyl (C=O) groups excluding carboxylic acids is 2. The van der Waals surface area contributed by atoms with Crippen LogP contribution in [-0.4, -0.2) is 30.6 Å². The zero-order valence-corrected chi connectivity index (χ0v) is 12.0. The molecule has 5 nitrogen and oxygen atoms in total. The smallest absolute Gasteiger partial charge is 0.303 e. The number of primary amides is 1. The van der Waals surface area contributed by atoms with Crippen molar-refractivity contribution in [1.29, 1.82) is 0 Å². The highest BCUT2D eigenvalue weighted by Crippen LogP contribution is 2.33. The zero-order chi connectivity index (χ0) is 15.5. The van der Waals surface area contributed by atoms with E-state index in [1.807, 2.05) is 25.1 Å². The molecule has 0 saturated carbocycles. The first-order chi connectivity index (χ1) is 10.0. The molecule has 1 aromatic rings. The first kappa shape index (κ1) is 15.1. The first-order valence-electron chi connectivity index (χ1n) is 6.76. The molecule has 2 amide bonds. The summed E-state index contributed by atoms with van der Waals surface area (Å²) in [6.45, 7) is 2.63. The van der Waals surface area contributed by atoms with Gasteiger partial charge in [-0.3, -0.25) is 14.5 Å². The molecule has 0 unspecified atom stereocenters. The van der Waals surface area contributed by atoms with Crippen molar-refractivity contribution in [1.82, 2.24) is 0 Å². The van der Waals surface area contributed by atoms with E-state index in [0.29, 0.717) is 31.7 Å². The summed E-state index contributed by atoms with van der Waals surface area (Å²) in [7, 11) is 0. The van der Waals surface area contributed by atoms with E-state index in [-0.39, 0.29) is 0 Å². The Balaban J connectivity index is 2.56. The van der Waals surface area contributed by atoms with Crippen LogP contribution in [0.2, 0.25) is 0 Å². The molecule has 0 bridgehead atoms. The SMILES string of the molecule is C#CC(=O)N(c1cccc(C)c1)C1(C(N)=O)CCOCC1. The van der Waals surface area contributed by atoms with Crippen LogP contribution in [-0.2, 0) is 14.3 Å². The quantitative estimate of drug-likeness (QED) is 0.842. The van der Waals surface area contributed by atoms with Gasteiger partial charge in [0.05, 0.1) is 0 Å². The van der Waals surface area contributed by atoms with E-state index in [1.165, 1.54) is 4.90 Å². The Hall–Kier alpha value is -2.32. The van der Waals surface area contributed by atoms with Crippen LogP contribution in [0.4, 0.5) is 5.69 Å². The summed E-state index contributed by atoms with van der Waals surface area (Å²) in [6.07, 6.45) is 5.96. The summed E-state index contributed by atoms with van der Waals surface area (Å²) in [5.74, 6) is 0.971. The molecule has 0 aliphatic carbocycles. The number of rotatable bonds is 3. The second kappa shape index (κ2) is 5.98. The summed E-state index contributed by atoms with van der Waals surface area (Å²) in [5, 5.41) is 0. The van der Waals surface area contributed by atoms with Gasteiger partial charge < -0.3 is 10.5 Å². The Morgan fingerprint density at radius 3 is 2.57 bits per heavy atom. The second-order valence-corrected chi connectivity index (χ2v) is 5.13. The van der Waals surface area contributed by atoms with Crippen LogP contribution in [0, 0.1) is 19.3 Å². The third kappa shape index (κ3) is 2.76. The minimum absolute atomic E-state index is 0.337. The third-order valence-electron chi connectivity index (χ3n) is 3.79. The molecule has 2 N–H and O–H groups in total. The van der Waals surface area contributed by atoms with E-state index >= 15 is 0 Å². The molecule has 0 atom stereocenters. The van der Waals surface area contributed by atoms with Gasteiger partial charge in [-0.2, -0.15) is 0 Å². The highest BCUT2D eigenvalue weighted by atomic mass is 16.5. The topological polar surface area (TPSA) is 72.6 Å². The van der Waals surface area contributed by atoms with Crippen LogP contribution < -0.4 is 10.6 Å². The number of hydrogen-bond donors (Lipinski definition) is 1. The summed E-state index contributed by atoms with van der Waals surface area (Å²) < 4.78 is 5.30. The Bertz CT molecular complexity index is 598. The van der Waals surface area contributed by atoms with Crippen LogP contribution in [0.15, 0.2) is 24.3 Å². The number of hydrogen-bond acceptors (Lipinski definition) is 3. The van der Waals surface area contributed by atoms with E-state index in [2.05, 4.69) is 5.92 Å². The molecule has 0 aromatic heterocycles. The number of ether oxygens (including phenoxy) is 1. The molecule has 1 aliphatic rings. The normalized spacial score (nSPS) is 16.8. The van der Waals surface area contributed by atoms with Crippen LogP contribution >= 0.6 is 0 Å². The van der Waals surface area contributed by atoms with Crippen molar-refractivity contribution in [2.45, 2.75) is 25.3 Å². The minimum atomic E-state index is -1.13. The van der Waals surface area contributed by atoms with Crippen LogP contribution in [0.25, 0.3) is 0 Å². The number of nitrogens with zero attached hydrogens (tertiary/aromatic N) is 1. The van der Waals surface area contributed by atoms with E-state index in [1.54, 1.807) is 6.07 Å². The molecule has 0 radical (unpaired) electrons. The Labute approximate surface area is 124 Å². The predicted molar refractivity (Wildman–Crippen MR) is 79.5 cm³/mol. The molecule has 1 saturated heterocycles. The van der Waals surface area contributed by atoms with Gasteiger partial charge in [-0.1, -0.05) is 12.1 Å². The summed E-state index contributed by atoms with van der Waals surface area (Å²) in [4.78, 5) is 25.7. The highest BCUT2D eigenvalue weighted by Gasteiger charge is 2.46. The molecule has 1 fully saturated rings. The van der Waals surface area contributed by atoms with Gasteiger partial charge in [0.2, 0.25) is 5.91 Å². The average Bonchev–Trinajstić information content (AvgIpc) is 2.48. The minimum Gasteiger partial charge on any atom is -0.381 e. The number of benzene rings is 1. The van der Waals surface area contributed by atoms with Crippen molar-refractivity contribution < 1.29 is 14.3 Å². The lowest BCUT2D eigenvalue weighted by Gasteiger charge is -2.43. The summed E-state index contributed by atoms with van der Waals surface area (Å²) in [6, 6.07) is 7.29. The van der Waals surface area contributed by atoms with Gasteiger partial charge in [-0.25, -0.2) is 0 Å². The maximum absolute atomic E-state index is 12.3. The van der Waals surface area contributed by atoms with Crippen molar-refractivity contribution in [3.63, 3.8) is 0 Å². The second-order valence-electron chi connectivity index (χ2n) is 5.13. The van der Waals surface area contributed by atoms with Crippen molar-refractivity contribution >= 4 is 17.5 Å². The Kier molecular flexibility index (Phi) is 4.29. The van der Waals surface area contributed by atoms with Gasteiger partial charge in [-0.15, -0.1) is 6.42 Å². The van der Waals surface area contributed by atoms with Gasteiger partial charge in [0.25, 0.3) is 0 Å². The molecular formula is C16H18N2O3. The number of aryl methyl sites for hydroxylation is 1. The van der Waals surface area contributed by atoms with Gasteiger partial charge in [0.15, 0.2) is 0 Å². The van der Waals surface area contributed by atoms with Crippen molar-refractivity contribution in [3.05, 3.63) is 29.8 Å². The van der Waals surface area contributed by atoms with E-state index in [4.69, 9.17) is 16.9 Å². The van der Waals surface area contributed by atoms with Crippen molar-refractivity contribution in [2.75, 3.05) is 18.1 Å². The van der Waals surface area contributed by atoms with Crippen molar-refractivity contribution in [2.24, 2.45) is 5.73 Å². The zero-order valence-electron chi connectivity index (χ0n) is 12.0. The summed E-state index contributed by atoms with van der Waals surface area (Å²) >= 11 is 0. The van der Waals surface area contributed by atoms with Crippen molar-refractivity contribution in [3.8, 4) is 12.3 Å². The fraction of sp³-hybridized carbons (Fsp3) is 0.375. The molecule has 110 valence electrons. The molecule has 1 aliphatic heterocycles.